The van der Waals surface area contributed by atoms with E-state index in [1.807, 2.05) is 6.92 Å². The van der Waals surface area contributed by atoms with Gasteiger partial charge in [-0.05, 0) is 19.3 Å². The average Bonchev–Trinajstić information content (AvgIpc) is 2.09. The Morgan fingerprint density at radius 2 is 2.33 bits per heavy atom. The summed E-state index contributed by atoms with van der Waals surface area (Å²) in [7, 11) is 0. The molecule has 0 aromatic rings. The van der Waals surface area contributed by atoms with Gasteiger partial charge in [0.25, 0.3) is 0 Å². The summed E-state index contributed by atoms with van der Waals surface area (Å²) in [5, 5.41) is 18.9. The molecule has 0 radical (unpaired) electrons. The summed E-state index contributed by atoms with van der Waals surface area (Å²) in [6, 6.07) is 0. The van der Waals surface area contributed by atoms with Gasteiger partial charge in [0.2, 0.25) is 0 Å². The van der Waals surface area contributed by atoms with Gasteiger partial charge in [-0.3, -0.25) is 0 Å². The summed E-state index contributed by atoms with van der Waals surface area (Å²) in [6.07, 6.45) is 1.56. The predicted molar refractivity (Wildman–Crippen MR) is 45.8 cm³/mol. The Morgan fingerprint density at radius 1 is 1.58 bits per heavy atom. The highest BCUT2D eigenvalue weighted by Crippen LogP contribution is 2.20. The second-order valence-corrected chi connectivity index (χ2v) is 3.49. The molecule has 0 spiro atoms. The smallest absolute Gasteiger partial charge is 0.0613 e. The van der Waals surface area contributed by atoms with Gasteiger partial charge >= 0.3 is 0 Å². The molecule has 0 aromatic heterocycles. The highest BCUT2D eigenvalue weighted by molar-refractivity contribution is 4.74. The minimum Gasteiger partial charge on any atom is -0.393 e. The van der Waals surface area contributed by atoms with Crippen LogP contribution in [0.3, 0.4) is 0 Å². The van der Waals surface area contributed by atoms with Crippen molar-refractivity contribution in [3.63, 3.8) is 0 Å². The molecular formula is C9H18O3. The van der Waals surface area contributed by atoms with E-state index in [0.29, 0.717) is 26.1 Å². The normalized spacial score (nSPS) is 33.2. The minimum absolute atomic E-state index is 0.133. The van der Waals surface area contributed by atoms with Gasteiger partial charge in [0.05, 0.1) is 18.8 Å². The van der Waals surface area contributed by atoms with Crippen LogP contribution in [-0.4, -0.2) is 35.6 Å². The van der Waals surface area contributed by atoms with Gasteiger partial charge in [-0.2, -0.15) is 0 Å². The van der Waals surface area contributed by atoms with Gasteiger partial charge in [0.1, 0.15) is 0 Å². The van der Waals surface area contributed by atoms with Crippen molar-refractivity contribution >= 4 is 0 Å². The molecule has 0 aliphatic carbocycles. The molecule has 2 N–H and O–H groups in total. The van der Waals surface area contributed by atoms with Gasteiger partial charge in [-0.15, -0.1) is 0 Å². The zero-order valence-electron chi connectivity index (χ0n) is 7.57. The number of aliphatic hydroxyl groups excluding tert-OH is 2. The van der Waals surface area contributed by atoms with Crippen molar-refractivity contribution in [2.45, 2.75) is 38.4 Å². The van der Waals surface area contributed by atoms with Gasteiger partial charge in [0, 0.05) is 12.5 Å². The molecule has 3 atom stereocenters. The summed E-state index contributed by atoms with van der Waals surface area (Å²) >= 11 is 0. The molecule has 0 amide bonds. The molecule has 1 aliphatic heterocycles. The van der Waals surface area contributed by atoms with Crippen molar-refractivity contribution in [1.29, 1.82) is 0 Å². The fourth-order valence-corrected chi connectivity index (χ4v) is 1.53. The van der Waals surface area contributed by atoms with Gasteiger partial charge in [-0.1, -0.05) is 6.92 Å². The van der Waals surface area contributed by atoms with Crippen LogP contribution in [-0.2, 0) is 4.74 Å². The molecular weight excluding hydrogens is 156 g/mol. The lowest BCUT2D eigenvalue weighted by Gasteiger charge is -2.28. The molecule has 3 nitrogen and oxygen atoms in total. The van der Waals surface area contributed by atoms with E-state index >= 15 is 0 Å². The van der Waals surface area contributed by atoms with E-state index < -0.39 is 0 Å². The van der Waals surface area contributed by atoms with Crippen LogP contribution in [0, 0.1) is 5.92 Å². The Hall–Kier alpha value is -0.120. The number of hydrogen-bond acceptors (Lipinski definition) is 3. The van der Waals surface area contributed by atoms with E-state index in [1.165, 1.54) is 0 Å². The number of ether oxygens (including phenoxy) is 1. The zero-order valence-corrected chi connectivity index (χ0v) is 7.57. The fourth-order valence-electron chi connectivity index (χ4n) is 1.53. The van der Waals surface area contributed by atoms with Crippen LogP contribution < -0.4 is 0 Å². The quantitative estimate of drug-likeness (QED) is 0.656. The highest BCUT2D eigenvalue weighted by Gasteiger charge is 2.25. The molecule has 1 fully saturated rings. The lowest BCUT2D eigenvalue weighted by atomic mass is 9.92. The van der Waals surface area contributed by atoms with Crippen LogP contribution in [0.2, 0.25) is 0 Å². The lowest BCUT2D eigenvalue weighted by molar-refractivity contribution is -0.0519. The topological polar surface area (TPSA) is 49.7 Å². The molecule has 12 heavy (non-hydrogen) atoms. The molecule has 1 saturated heterocycles. The van der Waals surface area contributed by atoms with Crippen LogP contribution in [0.15, 0.2) is 0 Å². The third-order valence-electron chi connectivity index (χ3n) is 2.48. The van der Waals surface area contributed by atoms with Crippen molar-refractivity contribution in [2.24, 2.45) is 5.92 Å². The van der Waals surface area contributed by atoms with Gasteiger partial charge < -0.3 is 14.9 Å². The third-order valence-corrected chi connectivity index (χ3v) is 2.48. The maximum atomic E-state index is 9.52. The number of rotatable bonds is 3. The van der Waals surface area contributed by atoms with Crippen LogP contribution in [0.5, 0.6) is 0 Å². The molecule has 1 heterocycles. The first-order chi connectivity index (χ1) is 5.74. The average molecular weight is 174 g/mol. The summed E-state index contributed by atoms with van der Waals surface area (Å²) in [5.74, 6) is 0.133. The van der Waals surface area contributed by atoms with Crippen molar-refractivity contribution in [2.75, 3.05) is 13.2 Å². The molecule has 1 aliphatic rings. The summed E-state index contributed by atoms with van der Waals surface area (Å²) in [4.78, 5) is 0. The SMILES string of the molecule is CCC(O)CC1COCCC1O. The largest absolute Gasteiger partial charge is 0.393 e. The van der Waals surface area contributed by atoms with E-state index in [0.717, 1.165) is 6.42 Å². The summed E-state index contributed by atoms with van der Waals surface area (Å²) in [5.41, 5.74) is 0. The summed E-state index contributed by atoms with van der Waals surface area (Å²) in [6.45, 7) is 3.19. The maximum Gasteiger partial charge on any atom is 0.0613 e. The molecule has 0 bridgehead atoms. The Morgan fingerprint density at radius 3 is 2.92 bits per heavy atom. The van der Waals surface area contributed by atoms with Crippen LogP contribution >= 0.6 is 0 Å². The van der Waals surface area contributed by atoms with Crippen LogP contribution in [0.25, 0.3) is 0 Å². The van der Waals surface area contributed by atoms with Crippen molar-refractivity contribution in [1.82, 2.24) is 0 Å². The first kappa shape index (κ1) is 9.96. The fraction of sp³-hybridized carbons (Fsp3) is 1.00. The zero-order chi connectivity index (χ0) is 8.97. The predicted octanol–water partition coefficient (Wildman–Crippen LogP) is 0.545. The van der Waals surface area contributed by atoms with Gasteiger partial charge in [0.15, 0.2) is 0 Å². The molecule has 3 heteroatoms. The Labute approximate surface area is 73.4 Å². The standard InChI is InChI=1S/C9H18O3/c1-2-8(10)5-7-6-12-4-3-9(7)11/h7-11H,2-6H2,1H3. The molecule has 72 valence electrons. The summed E-state index contributed by atoms with van der Waals surface area (Å²) < 4.78 is 5.23. The molecule has 1 rings (SSSR count). The second-order valence-electron chi connectivity index (χ2n) is 3.49. The molecule has 0 aromatic carbocycles. The minimum atomic E-state index is -0.286. The molecule has 0 saturated carbocycles. The van der Waals surface area contributed by atoms with Crippen molar-refractivity contribution < 1.29 is 14.9 Å². The number of aliphatic hydroxyl groups is 2. The first-order valence-corrected chi connectivity index (χ1v) is 4.68. The first-order valence-electron chi connectivity index (χ1n) is 4.68. The van der Waals surface area contributed by atoms with E-state index in [4.69, 9.17) is 4.74 Å². The third kappa shape index (κ3) is 2.73. The van der Waals surface area contributed by atoms with E-state index in [9.17, 15) is 10.2 Å². The molecule has 3 unspecified atom stereocenters. The van der Waals surface area contributed by atoms with E-state index in [-0.39, 0.29) is 18.1 Å². The Bertz CT molecular complexity index is 127. The number of hydrogen-bond donors (Lipinski definition) is 2. The van der Waals surface area contributed by atoms with Crippen LogP contribution in [0.1, 0.15) is 26.2 Å². The van der Waals surface area contributed by atoms with Crippen LogP contribution in [0.4, 0.5) is 0 Å². The Balaban J connectivity index is 2.28. The monoisotopic (exact) mass is 174 g/mol. The van der Waals surface area contributed by atoms with Crippen molar-refractivity contribution in [3.8, 4) is 0 Å². The Kier molecular flexibility index (Phi) is 3.98. The van der Waals surface area contributed by atoms with E-state index in [1.54, 1.807) is 0 Å². The maximum absolute atomic E-state index is 9.52. The second kappa shape index (κ2) is 4.80. The van der Waals surface area contributed by atoms with E-state index in [2.05, 4.69) is 0 Å². The highest BCUT2D eigenvalue weighted by atomic mass is 16.5. The van der Waals surface area contributed by atoms with Gasteiger partial charge in [-0.25, -0.2) is 0 Å². The lowest BCUT2D eigenvalue weighted by Crippen LogP contribution is -2.34. The van der Waals surface area contributed by atoms with Crippen molar-refractivity contribution in [3.05, 3.63) is 0 Å².